The van der Waals surface area contributed by atoms with Crippen molar-refractivity contribution in [3.8, 4) is 5.75 Å². The molecule has 0 saturated heterocycles. The molecule has 0 aliphatic carbocycles. The molecule has 0 spiro atoms. The largest absolute Gasteiger partial charge is 0.497 e. The molecule has 3 N–H and O–H groups in total. The molecule has 0 aliphatic heterocycles. The monoisotopic (exact) mass is 286 g/mol. The highest BCUT2D eigenvalue weighted by Gasteiger charge is 2.14. The molecule has 5 nitrogen and oxygen atoms in total. The zero-order valence-electron chi connectivity index (χ0n) is 12.7. The Morgan fingerprint density at radius 3 is 2.76 bits per heavy atom. The number of nitrogens with two attached hydrogens (primary N) is 1. The standard InChI is InChI=1S/C16H22N4O/c1-20(2)15(12-5-4-6-14(9-12)21-3)11-19-16-10-13(17)7-8-18-16/h4-10,15H,11H2,1-3H3,(H3,17,18,19). The van der Waals surface area contributed by atoms with Gasteiger partial charge in [-0.15, -0.1) is 0 Å². The van der Waals surface area contributed by atoms with E-state index in [1.165, 1.54) is 5.56 Å². The molecule has 0 bridgehead atoms. The van der Waals surface area contributed by atoms with E-state index in [2.05, 4.69) is 41.4 Å². The number of methoxy groups -OCH3 is 1. The fourth-order valence-electron chi connectivity index (χ4n) is 2.19. The summed E-state index contributed by atoms with van der Waals surface area (Å²) < 4.78 is 5.30. The van der Waals surface area contributed by atoms with Crippen LogP contribution in [0, 0.1) is 0 Å². The first-order valence-corrected chi connectivity index (χ1v) is 6.86. The molecule has 0 amide bonds. The van der Waals surface area contributed by atoms with Gasteiger partial charge in [-0.05, 0) is 37.9 Å². The molecule has 0 radical (unpaired) electrons. The Morgan fingerprint density at radius 2 is 2.10 bits per heavy atom. The number of aromatic nitrogens is 1. The van der Waals surface area contributed by atoms with Gasteiger partial charge >= 0.3 is 0 Å². The van der Waals surface area contributed by atoms with Gasteiger partial charge in [-0.3, -0.25) is 0 Å². The molecule has 21 heavy (non-hydrogen) atoms. The average molecular weight is 286 g/mol. The second-order valence-electron chi connectivity index (χ2n) is 5.11. The van der Waals surface area contributed by atoms with Gasteiger partial charge in [-0.25, -0.2) is 4.98 Å². The molecular formula is C16H22N4O. The SMILES string of the molecule is COc1cccc(C(CNc2cc(N)ccn2)N(C)C)c1. The zero-order chi connectivity index (χ0) is 15.2. The van der Waals surface area contributed by atoms with E-state index in [0.717, 1.165) is 18.1 Å². The van der Waals surface area contributed by atoms with Crippen LogP contribution in [0.5, 0.6) is 5.75 Å². The number of nitrogens with zero attached hydrogens (tertiary/aromatic N) is 2. The van der Waals surface area contributed by atoms with Crippen molar-refractivity contribution in [2.75, 3.05) is 38.8 Å². The smallest absolute Gasteiger partial charge is 0.128 e. The number of rotatable bonds is 6. The second-order valence-corrected chi connectivity index (χ2v) is 5.11. The summed E-state index contributed by atoms with van der Waals surface area (Å²) in [5, 5.41) is 3.33. The Morgan fingerprint density at radius 1 is 1.29 bits per heavy atom. The Labute approximate surface area is 125 Å². The van der Waals surface area contributed by atoms with E-state index in [-0.39, 0.29) is 6.04 Å². The predicted octanol–water partition coefficient (Wildman–Crippen LogP) is 2.39. The lowest BCUT2D eigenvalue weighted by Crippen LogP contribution is -2.27. The first-order chi connectivity index (χ1) is 10.1. The van der Waals surface area contributed by atoms with Crippen molar-refractivity contribution in [1.82, 2.24) is 9.88 Å². The normalized spacial score (nSPS) is 12.2. The fourth-order valence-corrected chi connectivity index (χ4v) is 2.19. The molecule has 112 valence electrons. The first-order valence-electron chi connectivity index (χ1n) is 6.86. The van der Waals surface area contributed by atoms with Crippen LogP contribution in [0.2, 0.25) is 0 Å². The summed E-state index contributed by atoms with van der Waals surface area (Å²) in [6.07, 6.45) is 1.70. The van der Waals surface area contributed by atoms with Crippen LogP contribution < -0.4 is 15.8 Å². The molecule has 0 saturated carbocycles. The molecule has 1 aromatic heterocycles. The van der Waals surface area contributed by atoms with Gasteiger partial charge in [0.25, 0.3) is 0 Å². The Balaban J connectivity index is 2.12. The van der Waals surface area contributed by atoms with E-state index in [1.54, 1.807) is 19.4 Å². The van der Waals surface area contributed by atoms with Gasteiger partial charge in [0.15, 0.2) is 0 Å². The first kappa shape index (κ1) is 15.1. The van der Waals surface area contributed by atoms with Gasteiger partial charge in [0.1, 0.15) is 11.6 Å². The fraction of sp³-hybridized carbons (Fsp3) is 0.312. The highest BCUT2D eigenvalue weighted by atomic mass is 16.5. The molecule has 1 aromatic carbocycles. The minimum absolute atomic E-state index is 0.211. The van der Waals surface area contributed by atoms with Gasteiger partial charge in [-0.2, -0.15) is 0 Å². The second kappa shape index (κ2) is 6.95. The van der Waals surface area contributed by atoms with Crippen LogP contribution in [0.4, 0.5) is 11.5 Å². The average Bonchev–Trinajstić information content (AvgIpc) is 2.47. The number of benzene rings is 1. The lowest BCUT2D eigenvalue weighted by Gasteiger charge is -2.25. The van der Waals surface area contributed by atoms with Crippen LogP contribution in [0.3, 0.4) is 0 Å². The quantitative estimate of drug-likeness (QED) is 0.853. The Hall–Kier alpha value is -2.27. The topological polar surface area (TPSA) is 63.4 Å². The molecule has 1 unspecified atom stereocenters. The van der Waals surface area contributed by atoms with Crippen molar-refractivity contribution in [3.63, 3.8) is 0 Å². The minimum Gasteiger partial charge on any atom is -0.497 e. The summed E-state index contributed by atoms with van der Waals surface area (Å²) in [6, 6.07) is 11.9. The third-order valence-corrected chi connectivity index (χ3v) is 3.36. The van der Waals surface area contributed by atoms with E-state index in [0.29, 0.717) is 5.69 Å². The summed E-state index contributed by atoms with van der Waals surface area (Å²) in [7, 11) is 5.79. The number of hydrogen-bond donors (Lipinski definition) is 2. The Bertz CT molecular complexity index is 586. The van der Waals surface area contributed by atoms with Crippen LogP contribution in [0.25, 0.3) is 0 Å². The van der Waals surface area contributed by atoms with Gasteiger partial charge in [-0.1, -0.05) is 12.1 Å². The van der Waals surface area contributed by atoms with Crippen LogP contribution in [0.15, 0.2) is 42.6 Å². The third kappa shape index (κ3) is 4.10. The van der Waals surface area contributed by atoms with Gasteiger partial charge in [0.05, 0.1) is 13.2 Å². The van der Waals surface area contributed by atoms with Crippen LogP contribution in [-0.4, -0.2) is 37.6 Å². The van der Waals surface area contributed by atoms with Gasteiger partial charge in [0.2, 0.25) is 0 Å². The predicted molar refractivity (Wildman–Crippen MR) is 86.6 cm³/mol. The molecule has 2 aromatic rings. The van der Waals surface area contributed by atoms with Crippen molar-refractivity contribution in [2.45, 2.75) is 6.04 Å². The van der Waals surface area contributed by atoms with E-state index in [1.807, 2.05) is 18.2 Å². The molecule has 1 atom stereocenters. The molecule has 0 fully saturated rings. The van der Waals surface area contributed by atoms with Crippen LogP contribution in [0.1, 0.15) is 11.6 Å². The summed E-state index contributed by atoms with van der Waals surface area (Å²) in [5.74, 6) is 1.64. The van der Waals surface area contributed by atoms with Crippen molar-refractivity contribution < 1.29 is 4.74 Å². The number of nitrogens with one attached hydrogen (secondary N) is 1. The summed E-state index contributed by atoms with van der Waals surface area (Å²) in [4.78, 5) is 6.42. The number of nitrogen functional groups attached to an aromatic ring is 1. The zero-order valence-corrected chi connectivity index (χ0v) is 12.7. The van der Waals surface area contributed by atoms with Crippen LogP contribution in [-0.2, 0) is 0 Å². The maximum Gasteiger partial charge on any atom is 0.128 e. The highest BCUT2D eigenvalue weighted by molar-refractivity contribution is 5.48. The van der Waals surface area contributed by atoms with Crippen molar-refractivity contribution >= 4 is 11.5 Å². The number of anilines is 2. The summed E-state index contributed by atoms with van der Waals surface area (Å²) in [5.41, 5.74) is 7.66. The minimum atomic E-state index is 0.211. The summed E-state index contributed by atoms with van der Waals surface area (Å²) >= 11 is 0. The third-order valence-electron chi connectivity index (χ3n) is 3.36. The molecule has 2 rings (SSSR count). The Kier molecular flexibility index (Phi) is 5.00. The van der Waals surface area contributed by atoms with Crippen LogP contribution >= 0.6 is 0 Å². The van der Waals surface area contributed by atoms with Gasteiger partial charge < -0.3 is 20.7 Å². The maximum absolute atomic E-state index is 5.77. The summed E-state index contributed by atoms with van der Waals surface area (Å²) in [6.45, 7) is 0.733. The van der Waals surface area contributed by atoms with Crippen molar-refractivity contribution in [3.05, 3.63) is 48.2 Å². The number of ether oxygens (including phenoxy) is 1. The van der Waals surface area contributed by atoms with Crippen molar-refractivity contribution in [2.24, 2.45) is 0 Å². The number of pyridine rings is 1. The van der Waals surface area contributed by atoms with E-state index in [9.17, 15) is 0 Å². The lowest BCUT2D eigenvalue weighted by molar-refractivity contribution is 0.310. The van der Waals surface area contributed by atoms with Gasteiger partial charge in [0, 0.05) is 24.5 Å². The molecule has 0 aliphatic rings. The molecule has 1 heterocycles. The van der Waals surface area contributed by atoms with E-state index in [4.69, 9.17) is 10.5 Å². The van der Waals surface area contributed by atoms with Crippen molar-refractivity contribution in [1.29, 1.82) is 0 Å². The van der Waals surface area contributed by atoms with E-state index < -0.39 is 0 Å². The molecule has 5 heteroatoms. The highest BCUT2D eigenvalue weighted by Crippen LogP contribution is 2.23. The maximum atomic E-state index is 5.77. The van der Waals surface area contributed by atoms with E-state index >= 15 is 0 Å². The number of hydrogen-bond acceptors (Lipinski definition) is 5. The molecular weight excluding hydrogens is 264 g/mol. The lowest BCUT2D eigenvalue weighted by atomic mass is 10.1. The number of likely N-dealkylation sites (N-methyl/N-ethyl adjacent to an activating group) is 1.